The van der Waals surface area contributed by atoms with Crippen LogP contribution in [0.2, 0.25) is 0 Å². The number of carboxylic acids is 1. The van der Waals surface area contributed by atoms with E-state index in [1.807, 2.05) is 0 Å². The SMILES string of the molecule is CCCCC(C)(C)C(=O)O.CCCCCC[P+](CCCC)(CCCC)CCCC. The molecular weight excluding hydrogens is 375 g/mol. The van der Waals surface area contributed by atoms with Gasteiger partial charge in [0.05, 0.1) is 30.1 Å². The van der Waals surface area contributed by atoms with Crippen LogP contribution in [0.25, 0.3) is 0 Å². The largest absolute Gasteiger partial charge is 0.481 e. The monoisotopic (exact) mass is 431 g/mol. The quantitative estimate of drug-likeness (QED) is 0.173. The zero-order valence-corrected chi connectivity index (χ0v) is 22.2. The van der Waals surface area contributed by atoms with E-state index in [1.165, 1.54) is 64.2 Å². The molecule has 0 aromatic rings. The second-order valence-electron chi connectivity index (χ2n) is 9.65. The highest BCUT2D eigenvalue weighted by Crippen LogP contribution is 2.61. The molecule has 176 valence electrons. The minimum absolute atomic E-state index is 0.532. The fourth-order valence-electron chi connectivity index (χ4n) is 3.75. The lowest BCUT2D eigenvalue weighted by Gasteiger charge is -2.28. The van der Waals surface area contributed by atoms with Crippen molar-refractivity contribution < 1.29 is 9.90 Å². The molecule has 1 N–H and O–H groups in total. The van der Waals surface area contributed by atoms with E-state index in [1.54, 1.807) is 38.5 Å². The molecular formula is C26H56O2P+. The van der Waals surface area contributed by atoms with Crippen molar-refractivity contribution in [2.24, 2.45) is 5.41 Å². The van der Waals surface area contributed by atoms with Gasteiger partial charge in [0.25, 0.3) is 0 Å². The van der Waals surface area contributed by atoms with Crippen molar-refractivity contribution in [3.8, 4) is 0 Å². The van der Waals surface area contributed by atoms with E-state index >= 15 is 0 Å². The lowest BCUT2D eigenvalue weighted by atomic mass is 9.88. The fourth-order valence-corrected chi connectivity index (χ4v) is 8.95. The summed E-state index contributed by atoms with van der Waals surface area (Å²) in [5.41, 5.74) is -0.532. The fraction of sp³-hybridized carbons (Fsp3) is 0.962. The first-order valence-corrected chi connectivity index (χ1v) is 15.4. The van der Waals surface area contributed by atoms with E-state index < -0.39 is 18.6 Å². The number of hydrogen-bond donors (Lipinski definition) is 1. The Bertz CT molecular complexity index is 344. The molecule has 2 nitrogen and oxygen atoms in total. The molecule has 0 aromatic carbocycles. The number of rotatable bonds is 18. The Kier molecular flexibility index (Phi) is 21.3. The van der Waals surface area contributed by atoms with Crippen molar-refractivity contribution >= 4 is 13.2 Å². The van der Waals surface area contributed by atoms with Gasteiger partial charge in [-0.15, -0.1) is 0 Å². The molecule has 0 aliphatic carbocycles. The van der Waals surface area contributed by atoms with E-state index in [4.69, 9.17) is 5.11 Å². The molecule has 0 aliphatic rings. The standard InChI is InChI=1S/C18H40P.C8H16O2/c1-5-9-13-14-18-19(15-10-6-2,16-11-7-3)17-12-8-4;1-4-5-6-8(2,3)7(9)10/h5-18H2,1-4H3;4-6H2,1-3H3,(H,9,10)/q+1;. The van der Waals surface area contributed by atoms with E-state index in [0.717, 1.165) is 19.3 Å². The molecule has 0 spiro atoms. The van der Waals surface area contributed by atoms with Crippen LogP contribution >= 0.6 is 7.26 Å². The topological polar surface area (TPSA) is 37.3 Å². The van der Waals surface area contributed by atoms with Crippen LogP contribution in [0.4, 0.5) is 0 Å². The van der Waals surface area contributed by atoms with Gasteiger partial charge in [-0.05, 0) is 52.4 Å². The Morgan fingerprint density at radius 3 is 1.34 bits per heavy atom. The minimum Gasteiger partial charge on any atom is -0.481 e. The molecule has 0 aromatic heterocycles. The average molecular weight is 432 g/mol. The third-order valence-electron chi connectivity index (χ3n) is 6.18. The summed E-state index contributed by atoms with van der Waals surface area (Å²) >= 11 is 0. The predicted molar refractivity (Wildman–Crippen MR) is 136 cm³/mol. The van der Waals surface area contributed by atoms with Crippen LogP contribution < -0.4 is 0 Å². The Hall–Kier alpha value is -0.100. The number of hydrogen-bond acceptors (Lipinski definition) is 1. The zero-order valence-electron chi connectivity index (χ0n) is 21.3. The molecule has 0 atom stereocenters. The Morgan fingerprint density at radius 2 is 1.00 bits per heavy atom. The predicted octanol–water partition coefficient (Wildman–Crippen LogP) is 9.27. The lowest BCUT2D eigenvalue weighted by molar-refractivity contribution is -0.147. The van der Waals surface area contributed by atoms with Gasteiger partial charge in [-0.2, -0.15) is 0 Å². The van der Waals surface area contributed by atoms with Crippen LogP contribution in [0.1, 0.15) is 132 Å². The maximum Gasteiger partial charge on any atom is 0.309 e. The van der Waals surface area contributed by atoms with Crippen molar-refractivity contribution in [2.75, 3.05) is 24.6 Å². The van der Waals surface area contributed by atoms with Gasteiger partial charge in [-0.25, -0.2) is 0 Å². The van der Waals surface area contributed by atoms with Gasteiger partial charge in [0, 0.05) is 7.26 Å². The smallest absolute Gasteiger partial charge is 0.309 e. The normalized spacial score (nSPS) is 11.8. The summed E-state index contributed by atoms with van der Waals surface area (Å²) in [6.07, 6.45) is 23.8. The molecule has 0 radical (unpaired) electrons. The first-order chi connectivity index (χ1) is 13.7. The molecule has 0 amide bonds. The third-order valence-corrected chi connectivity index (χ3v) is 11.2. The summed E-state index contributed by atoms with van der Waals surface area (Å²) in [6.45, 7) is 15.0. The second-order valence-corrected chi connectivity index (χ2v) is 14.1. The van der Waals surface area contributed by atoms with Gasteiger partial charge in [-0.1, -0.05) is 79.6 Å². The summed E-state index contributed by atoms with van der Waals surface area (Å²) in [5, 5.41) is 8.67. The summed E-state index contributed by atoms with van der Waals surface area (Å²) in [4.78, 5) is 10.5. The molecule has 0 bridgehead atoms. The highest BCUT2D eigenvalue weighted by Gasteiger charge is 2.34. The van der Waals surface area contributed by atoms with Gasteiger partial charge in [0.2, 0.25) is 0 Å². The Morgan fingerprint density at radius 1 is 0.621 bits per heavy atom. The van der Waals surface area contributed by atoms with E-state index in [9.17, 15) is 4.79 Å². The molecule has 0 rings (SSSR count). The lowest BCUT2D eigenvalue weighted by Crippen LogP contribution is -2.23. The molecule has 0 fully saturated rings. The van der Waals surface area contributed by atoms with Gasteiger partial charge in [0.1, 0.15) is 0 Å². The van der Waals surface area contributed by atoms with Crippen molar-refractivity contribution in [1.29, 1.82) is 0 Å². The highest BCUT2D eigenvalue weighted by atomic mass is 31.2. The van der Waals surface area contributed by atoms with Crippen molar-refractivity contribution in [1.82, 2.24) is 0 Å². The maximum atomic E-state index is 10.5. The van der Waals surface area contributed by atoms with Crippen LogP contribution in [-0.2, 0) is 4.79 Å². The van der Waals surface area contributed by atoms with Gasteiger partial charge in [0.15, 0.2) is 0 Å². The summed E-state index contributed by atoms with van der Waals surface area (Å²) in [5.74, 6) is -0.694. The van der Waals surface area contributed by atoms with Crippen molar-refractivity contribution in [3.63, 3.8) is 0 Å². The van der Waals surface area contributed by atoms with Gasteiger partial charge < -0.3 is 5.11 Å². The number of unbranched alkanes of at least 4 members (excludes halogenated alkanes) is 7. The minimum atomic E-state index is -0.694. The molecule has 0 aliphatic heterocycles. The molecule has 29 heavy (non-hydrogen) atoms. The second kappa shape index (κ2) is 19.8. The Balaban J connectivity index is 0. The van der Waals surface area contributed by atoms with Crippen LogP contribution in [0.15, 0.2) is 0 Å². The van der Waals surface area contributed by atoms with Crippen LogP contribution in [0.5, 0.6) is 0 Å². The summed E-state index contributed by atoms with van der Waals surface area (Å²) < 4.78 is 0. The molecule has 0 heterocycles. The summed E-state index contributed by atoms with van der Waals surface area (Å²) in [6, 6.07) is 0. The number of carboxylic acid groups (broad SMARTS) is 1. The van der Waals surface area contributed by atoms with E-state index in [2.05, 4.69) is 34.6 Å². The van der Waals surface area contributed by atoms with E-state index in [-0.39, 0.29) is 0 Å². The van der Waals surface area contributed by atoms with Crippen LogP contribution in [0.3, 0.4) is 0 Å². The Labute approximate surface area is 185 Å². The van der Waals surface area contributed by atoms with Gasteiger partial charge in [-0.3, -0.25) is 4.79 Å². The zero-order chi connectivity index (χ0) is 22.6. The highest BCUT2D eigenvalue weighted by molar-refractivity contribution is 7.75. The number of carbonyl (C=O) groups is 1. The first kappa shape index (κ1) is 31.1. The van der Waals surface area contributed by atoms with Crippen LogP contribution in [-0.4, -0.2) is 35.7 Å². The number of aliphatic carboxylic acids is 1. The molecule has 0 unspecified atom stereocenters. The molecule has 3 heteroatoms. The summed E-state index contributed by atoms with van der Waals surface area (Å²) in [7, 11) is -0.586. The van der Waals surface area contributed by atoms with Gasteiger partial charge >= 0.3 is 5.97 Å². The first-order valence-electron chi connectivity index (χ1n) is 12.8. The van der Waals surface area contributed by atoms with Crippen molar-refractivity contribution in [3.05, 3.63) is 0 Å². The molecule has 0 saturated carbocycles. The van der Waals surface area contributed by atoms with Crippen molar-refractivity contribution in [2.45, 2.75) is 132 Å². The van der Waals surface area contributed by atoms with E-state index in [0.29, 0.717) is 0 Å². The maximum absolute atomic E-state index is 10.5. The average Bonchev–Trinajstić information content (AvgIpc) is 2.70. The third kappa shape index (κ3) is 17.3. The van der Waals surface area contributed by atoms with Crippen LogP contribution in [0, 0.1) is 5.41 Å². The molecule has 0 saturated heterocycles.